The maximum absolute atomic E-state index is 13.4. The van der Waals surface area contributed by atoms with E-state index in [2.05, 4.69) is 20.6 Å². The second-order valence-electron chi connectivity index (χ2n) is 7.09. The largest absolute Gasteiger partial charge is 0.329 e. The summed E-state index contributed by atoms with van der Waals surface area (Å²) in [7, 11) is 1.72. The van der Waals surface area contributed by atoms with E-state index >= 15 is 0 Å². The molecule has 1 aromatic carbocycles. The molecule has 3 aromatic rings. The Balaban J connectivity index is 0.00000289. The van der Waals surface area contributed by atoms with E-state index in [1.807, 2.05) is 5.38 Å². The van der Waals surface area contributed by atoms with E-state index in [4.69, 9.17) is 11.6 Å². The van der Waals surface area contributed by atoms with E-state index in [1.165, 1.54) is 11.3 Å². The van der Waals surface area contributed by atoms with Gasteiger partial charge in [-0.3, -0.25) is 9.69 Å². The molecule has 32 heavy (non-hydrogen) atoms. The van der Waals surface area contributed by atoms with E-state index in [0.717, 1.165) is 5.69 Å². The minimum Gasteiger partial charge on any atom is -0.312 e. The van der Waals surface area contributed by atoms with Crippen molar-refractivity contribution in [1.29, 1.82) is 0 Å². The Morgan fingerprint density at radius 1 is 1.25 bits per heavy atom. The molecule has 8 nitrogen and oxygen atoms in total. The number of anilines is 3. The van der Waals surface area contributed by atoms with E-state index in [9.17, 15) is 9.59 Å². The maximum Gasteiger partial charge on any atom is 0.329 e. The molecular weight excluding hydrogens is 471 g/mol. The van der Waals surface area contributed by atoms with Crippen LogP contribution in [0.1, 0.15) is 18.3 Å². The zero-order valence-corrected chi connectivity index (χ0v) is 19.8. The number of likely N-dealkylation sites (N-methyl/N-ethyl adjacent to an activating group) is 1. The molecule has 0 saturated heterocycles. The lowest BCUT2D eigenvalue weighted by Gasteiger charge is -2.36. The molecule has 0 aliphatic carbocycles. The van der Waals surface area contributed by atoms with Gasteiger partial charge in [-0.1, -0.05) is 11.6 Å². The summed E-state index contributed by atoms with van der Waals surface area (Å²) in [5.41, 5.74) is 4.58. The van der Waals surface area contributed by atoms with Gasteiger partial charge in [-0.25, -0.2) is 14.8 Å². The highest BCUT2D eigenvalue weighted by Crippen LogP contribution is 2.35. The molecule has 1 aliphatic heterocycles. The minimum atomic E-state index is -0.355. The fourth-order valence-electron chi connectivity index (χ4n) is 3.22. The second-order valence-corrected chi connectivity index (χ2v) is 8.25. The van der Waals surface area contributed by atoms with Crippen molar-refractivity contribution in [2.75, 3.05) is 17.3 Å². The number of hydrogen-bond donors (Lipinski definition) is 2. The lowest BCUT2D eigenvalue weighted by atomic mass is 10.1. The number of carbonyl (C=O) groups is 2. The number of nitrogens with one attached hydrogen (secondary N) is 2. The fraction of sp³-hybridized carbons (Fsp3) is 0.238. The van der Waals surface area contributed by atoms with Gasteiger partial charge in [0.1, 0.15) is 5.82 Å². The quantitative estimate of drug-likeness (QED) is 0.530. The summed E-state index contributed by atoms with van der Waals surface area (Å²) >= 11 is 7.52. The summed E-state index contributed by atoms with van der Waals surface area (Å²) in [6.45, 7) is 2.44. The molecule has 1 atom stereocenters. The number of nitrogens with zero attached hydrogens (tertiary/aromatic N) is 4. The monoisotopic (exact) mass is 492 g/mol. The van der Waals surface area contributed by atoms with Gasteiger partial charge in [-0.15, -0.1) is 23.7 Å². The Labute approximate surface area is 201 Å². The number of hydrogen-bond acceptors (Lipinski definition) is 6. The zero-order chi connectivity index (χ0) is 22.0. The number of pyridine rings is 1. The smallest absolute Gasteiger partial charge is 0.312 e. The standard InChI is InChI=1S/C21H21ClN6O2S.ClH/c1-13(23-2)20(29)26-19-8-7-18-17(25-19)10-27(9-15-11-31-12-24-15)21(30)28(18)16-5-3-14(22)4-6-16;/h3-8,11-13,23H,9-10H2,1-2H3,(H,25,26,29);1H. The Morgan fingerprint density at radius 2 is 2.00 bits per heavy atom. The van der Waals surface area contributed by atoms with Gasteiger partial charge in [0, 0.05) is 10.4 Å². The Bertz CT molecular complexity index is 1090. The number of urea groups is 1. The molecule has 0 radical (unpaired) electrons. The van der Waals surface area contributed by atoms with Crippen molar-refractivity contribution in [1.82, 2.24) is 20.2 Å². The molecule has 0 bridgehead atoms. The van der Waals surface area contributed by atoms with Gasteiger partial charge in [-0.05, 0) is 50.4 Å². The molecule has 11 heteroatoms. The van der Waals surface area contributed by atoms with Crippen molar-refractivity contribution in [3.05, 3.63) is 63.7 Å². The van der Waals surface area contributed by atoms with Gasteiger partial charge >= 0.3 is 6.03 Å². The summed E-state index contributed by atoms with van der Waals surface area (Å²) in [6, 6.07) is 10.0. The van der Waals surface area contributed by atoms with Gasteiger partial charge in [0.15, 0.2) is 0 Å². The first-order valence-corrected chi connectivity index (χ1v) is 11.0. The number of carbonyl (C=O) groups excluding carboxylic acids is 2. The molecule has 4 rings (SSSR count). The van der Waals surface area contributed by atoms with E-state index in [0.29, 0.717) is 41.0 Å². The maximum atomic E-state index is 13.4. The van der Waals surface area contributed by atoms with Gasteiger partial charge in [-0.2, -0.15) is 0 Å². The van der Waals surface area contributed by atoms with Crippen molar-refractivity contribution in [3.8, 4) is 0 Å². The molecule has 168 valence electrons. The molecule has 0 saturated carbocycles. The summed E-state index contributed by atoms with van der Waals surface area (Å²) in [5.74, 6) is 0.251. The lowest BCUT2D eigenvalue weighted by molar-refractivity contribution is -0.117. The van der Waals surface area contributed by atoms with Gasteiger partial charge in [0.25, 0.3) is 0 Å². The summed E-state index contributed by atoms with van der Waals surface area (Å²) < 4.78 is 0. The average molecular weight is 493 g/mol. The van der Waals surface area contributed by atoms with Crippen molar-refractivity contribution < 1.29 is 9.59 Å². The highest BCUT2D eigenvalue weighted by molar-refractivity contribution is 7.07. The van der Waals surface area contributed by atoms with Crippen LogP contribution >= 0.6 is 35.3 Å². The third kappa shape index (κ3) is 5.02. The predicted octanol–water partition coefficient (Wildman–Crippen LogP) is 4.43. The third-order valence-corrected chi connectivity index (χ3v) is 5.88. The third-order valence-electron chi connectivity index (χ3n) is 4.99. The Morgan fingerprint density at radius 3 is 2.66 bits per heavy atom. The number of halogens is 2. The number of thiazole rings is 1. The fourth-order valence-corrected chi connectivity index (χ4v) is 3.89. The van der Waals surface area contributed by atoms with Crippen molar-refractivity contribution in [2.45, 2.75) is 26.1 Å². The number of rotatable bonds is 6. The highest BCUT2D eigenvalue weighted by atomic mass is 35.5. The first-order chi connectivity index (χ1) is 15.0. The lowest BCUT2D eigenvalue weighted by Crippen LogP contribution is -2.44. The highest BCUT2D eigenvalue weighted by Gasteiger charge is 2.33. The molecule has 1 unspecified atom stereocenters. The van der Waals surface area contributed by atoms with E-state index in [-0.39, 0.29) is 30.4 Å². The molecule has 3 amide bonds. The molecule has 3 heterocycles. The van der Waals surface area contributed by atoms with Crippen LogP contribution in [0.2, 0.25) is 5.02 Å². The van der Waals surface area contributed by atoms with Crippen molar-refractivity contribution >= 4 is 64.5 Å². The SMILES string of the molecule is CNC(C)C(=O)Nc1ccc2c(n1)CN(Cc1cscn1)C(=O)N2c1ccc(Cl)cc1.Cl. The predicted molar refractivity (Wildman–Crippen MR) is 129 cm³/mol. The summed E-state index contributed by atoms with van der Waals surface area (Å²) in [5, 5.41) is 8.22. The van der Waals surface area contributed by atoms with Crippen LogP contribution in [0.4, 0.5) is 22.0 Å². The molecule has 0 fully saturated rings. The average Bonchev–Trinajstić information content (AvgIpc) is 3.28. The minimum absolute atomic E-state index is 0. The first kappa shape index (κ1) is 23.9. The first-order valence-electron chi connectivity index (χ1n) is 9.66. The number of benzene rings is 1. The van der Waals surface area contributed by atoms with Gasteiger partial charge < -0.3 is 15.5 Å². The molecular formula is C21H22Cl2N6O2S. The van der Waals surface area contributed by atoms with Gasteiger partial charge in [0.2, 0.25) is 5.91 Å². The van der Waals surface area contributed by atoms with Crippen molar-refractivity contribution in [2.24, 2.45) is 0 Å². The van der Waals surface area contributed by atoms with Crippen LogP contribution in [0.25, 0.3) is 0 Å². The van der Waals surface area contributed by atoms with Crippen LogP contribution in [0.15, 0.2) is 47.3 Å². The Hall–Kier alpha value is -2.72. The van der Waals surface area contributed by atoms with Crippen LogP contribution in [0.5, 0.6) is 0 Å². The normalized spacial score (nSPS) is 13.9. The summed E-state index contributed by atoms with van der Waals surface area (Å²) in [4.78, 5) is 37.9. The summed E-state index contributed by atoms with van der Waals surface area (Å²) in [6.07, 6.45) is 0. The molecule has 0 spiro atoms. The topological polar surface area (TPSA) is 90.5 Å². The molecule has 1 aliphatic rings. The van der Waals surface area contributed by atoms with Crippen LogP contribution in [-0.2, 0) is 17.9 Å². The van der Waals surface area contributed by atoms with E-state index in [1.54, 1.807) is 65.7 Å². The zero-order valence-electron chi connectivity index (χ0n) is 17.4. The van der Waals surface area contributed by atoms with E-state index < -0.39 is 0 Å². The number of fused-ring (bicyclic) bond motifs is 1. The van der Waals surface area contributed by atoms with Crippen LogP contribution in [0, 0.1) is 0 Å². The van der Waals surface area contributed by atoms with Crippen LogP contribution < -0.4 is 15.5 Å². The van der Waals surface area contributed by atoms with Crippen LogP contribution in [0.3, 0.4) is 0 Å². The molecule has 2 N–H and O–H groups in total. The number of amides is 3. The second kappa shape index (κ2) is 10.3. The van der Waals surface area contributed by atoms with Crippen molar-refractivity contribution in [3.63, 3.8) is 0 Å². The molecule has 2 aromatic heterocycles. The van der Waals surface area contributed by atoms with Gasteiger partial charge in [0.05, 0.1) is 47.4 Å². The number of aromatic nitrogens is 2. The Kier molecular flexibility index (Phi) is 7.68. The van der Waals surface area contributed by atoms with Crippen LogP contribution in [-0.4, -0.2) is 39.9 Å².